The molecule has 0 aliphatic carbocycles. The van der Waals surface area contributed by atoms with Crippen molar-refractivity contribution in [3.05, 3.63) is 54.0 Å². The summed E-state index contributed by atoms with van der Waals surface area (Å²) < 4.78 is 33.9. The summed E-state index contributed by atoms with van der Waals surface area (Å²) in [5, 5.41) is 3.01. The van der Waals surface area contributed by atoms with Crippen molar-refractivity contribution in [2.75, 3.05) is 6.54 Å². The van der Waals surface area contributed by atoms with E-state index in [9.17, 15) is 13.2 Å². The van der Waals surface area contributed by atoms with Crippen LogP contribution in [0.25, 0.3) is 0 Å². The molecular formula is C19H21N3O4S. The monoisotopic (exact) mass is 387 g/mol. The van der Waals surface area contributed by atoms with Gasteiger partial charge in [0.1, 0.15) is 16.7 Å². The molecule has 4 rings (SSSR count). The average molecular weight is 387 g/mol. The Morgan fingerprint density at radius 3 is 2.93 bits per heavy atom. The van der Waals surface area contributed by atoms with Gasteiger partial charge in [-0.05, 0) is 44.0 Å². The molecular weight excluding hydrogens is 366 g/mol. The van der Waals surface area contributed by atoms with Gasteiger partial charge in [-0.15, -0.1) is 4.40 Å². The largest absolute Gasteiger partial charge is 0.469 e. The van der Waals surface area contributed by atoms with Gasteiger partial charge in [-0.25, -0.2) is 0 Å². The standard InChI is InChI=1S/C19H21N3O4S/c1-13(12-14-6-5-11-26-14)20-19(23)16-8-4-10-22(16)18-15-7-2-3-9-17(15)27(24,25)21-18/h2-3,5-7,9,11,13,16H,4,8,10,12H2,1H3,(H,20,23)/t13?,16-/m0/s1. The van der Waals surface area contributed by atoms with Gasteiger partial charge >= 0.3 is 0 Å². The third-order valence-electron chi connectivity index (χ3n) is 4.92. The minimum absolute atomic E-state index is 0.0902. The number of sulfonamides is 1. The van der Waals surface area contributed by atoms with E-state index in [1.807, 2.05) is 24.0 Å². The number of rotatable bonds is 4. The van der Waals surface area contributed by atoms with Crippen LogP contribution < -0.4 is 5.32 Å². The summed E-state index contributed by atoms with van der Waals surface area (Å²) in [5.41, 5.74) is 0.570. The zero-order chi connectivity index (χ0) is 19.0. The molecule has 1 saturated heterocycles. The van der Waals surface area contributed by atoms with E-state index in [4.69, 9.17) is 4.42 Å². The summed E-state index contributed by atoms with van der Waals surface area (Å²) in [5.74, 6) is 1.07. The minimum atomic E-state index is -3.70. The van der Waals surface area contributed by atoms with E-state index < -0.39 is 16.1 Å². The molecule has 1 aromatic heterocycles. The highest BCUT2D eigenvalue weighted by atomic mass is 32.2. The first-order chi connectivity index (χ1) is 13.0. The number of hydrogen-bond donors (Lipinski definition) is 1. The Hall–Kier alpha value is -2.61. The maximum absolute atomic E-state index is 12.8. The fraction of sp³-hybridized carbons (Fsp3) is 0.368. The highest BCUT2D eigenvalue weighted by Crippen LogP contribution is 2.31. The van der Waals surface area contributed by atoms with Crippen LogP contribution in [0.5, 0.6) is 0 Å². The first-order valence-corrected chi connectivity index (χ1v) is 10.4. The summed E-state index contributed by atoms with van der Waals surface area (Å²) >= 11 is 0. The van der Waals surface area contributed by atoms with Crippen molar-refractivity contribution < 1.29 is 17.6 Å². The molecule has 0 bridgehead atoms. The van der Waals surface area contributed by atoms with E-state index in [0.29, 0.717) is 30.8 Å². The van der Waals surface area contributed by atoms with E-state index in [1.165, 1.54) is 0 Å². The Kier molecular flexibility index (Phi) is 4.51. The number of hydrogen-bond acceptors (Lipinski definition) is 5. The van der Waals surface area contributed by atoms with Crippen LogP contribution in [0, 0.1) is 0 Å². The fourth-order valence-corrected chi connectivity index (χ4v) is 4.93. The van der Waals surface area contributed by atoms with E-state index in [1.54, 1.807) is 30.5 Å². The topological polar surface area (TPSA) is 92.0 Å². The Bertz CT molecular complexity index is 982. The number of carbonyl (C=O) groups excluding carboxylic acids is 1. The normalized spacial score (nSPS) is 21.6. The van der Waals surface area contributed by atoms with E-state index in [0.717, 1.165) is 12.2 Å². The SMILES string of the molecule is CC(Cc1ccco1)NC(=O)[C@@H]1CCCN1C1=NS(=O)(=O)c2ccccc21. The number of benzene rings is 1. The van der Waals surface area contributed by atoms with E-state index >= 15 is 0 Å². The third kappa shape index (κ3) is 3.37. The molecule has 0 saturated carbocycles. The van der Waals surface area contributed by atoms with Gasteiger partial charge in [0.05, 0.1) is 6.26 Å². The highest BCUT2D eigenvalue weighted by Gasteiger charge is 2.39. The number of carbonyl (C=O) groups is 1. The van der Waals surface area contributed by atoms with Gasteiger partial charge in [-0.1, -0.05) is 12.1 Å². The number of nitrogens with one attached hydrogen (secondary N) is 1. The fourth-order valence-electron chi connectivity index (χ4n) is 3.71. The predicted molar refractivity (Wildman–Crippen MR) is 99.9 cm³/mol. The van der Waals surface area contributed by atoms with Crippen molar-refractivity contribution in [2.24, 2.45) is 4.40 Å². The molecule has 1 fully saturated rings. The van der Waals surface area contributed by atoms with Crippen molar-refractivity contribution in [2.45, 2.75) is 43.2 Å². The molecule has 7 nitrogen and oxygen atoms in total. The molecule has 2 atom stereocenters. The summed E-state index contributed by atoms with van der Waals surface area (Å²) in [6.07, 6.45) is 3.69. The molecule has 1 amide bonds. The van der Waals surface area contributed by atoms with Crippen molar-refractivity contribution >= 4 is 21.8 Å². The van der Waals surface area contributed by atoms with E-state index in [-0.39, 0.29) is 16.8 Å². The molecule has 2 aliphatic heterocycles. The molecule has 1 aromatic carbocycles. The second-order valence-corrected chi connectivity index (χ2v) is 8.50. The summed E-state index contributed by atoms with van der Waals surface area (Å²) in [6.45, 7) is 2.53. The van der Waals surface area contributed by atoms with Crippen LogP contribution in [0.2, 0.25) is 0 Å². The van der Waals surface area contributed by atoms with Crippen LogP contribution in [0.1, 0.15) is 31.1 Å². The number of likely N-dealkylation sites (tertiary alicyclic amines) is 1. The molecule has 2 aliphatic rings. The number of fused-ring (bicyclic) bond motifs is 1. The van der Waals surface area contributed by atoms with Gasteiger partial charge in [0.25, 0.3) is 10.0 Å². The highest BCUT2D eigenvalue weighted by molar-refractivity contribution is 7.90. The van der Waals surface area contributed by atoms with Gasteiger partial charge in [0, 0.05) is 24.6 Å². The Balaban J connectivity index is 1.52. The van der Waals surface area contributed by atoms with Crippen LogP contribution in [-0.4, -0.2) is 43.7 Å². The predicted octanol–water partition coefficient (Wildman–Crippen LogP) is 1.94. The van der Waals surface area contributed by atoms with Crippen LogP contribution in [0.15, 0.2) is 56.4 Å². The van der Waals surface area contributed by atoms with Crippen LogP contribution in [0.3, 0.4) is 0 Å². The lowest BCUT2D eigenvalue weighted by Crippen LogP contribution is -2.48. The number of amides is 1. The average Bonchev–Trinajstić information content (AvgIpc) is 3.35. The van der Waals surface area contributed by atoms with Crippen LogP contribution >= 0.6 is 0 Å². The summed E-state index contributed by atoms with van der Waals surface area (Å²) in [6, 6.07) is 9.93. The lowest BCUT2D eigenvalue weighted by atomic mass is 10.1. The first kappa shape index (κ1) is 17.8. The van der Waals surface area contributed by atoms with E-state index in [2.05, 4.69) is 9.71 Å². The Morgan fingerprint density at radius 2 is 2.15 bits per heavy atom. The second kappa shape index (κ2) is 6.84. The zero-order valence-electron chi connectivity index (χ0n) is 15.0. The summed E-state index contributed by atoms with van der Waals surface area (Å²) in [7, 11) is -3.70. The molecule has 0 spiro atoms. The first-order valence-electron chi connectivity index (χ1n) is 8.99. The lowest BCUT2D eigenvalue weighted by molar-refractivity contribution is -0.125. The molecule has 8 heteroatoms. The molecule has 0 radical (unpaired) electrons. The van der Waals surface area contributed by atoms with Crippen molar-refractivity contribution in [3.63, 3.8) is 0 Å². The molecule has 142 valence electrons. The van der Waals surface area contributed by atoms with Gasteiger partial charge in [0.2, 0.25) is 5.91 Å². The molecule has 27 heavy (non-hydrogen) atoms. The van der Waals surface area contributed by atoms with Crippen molar-refractivity contribution in [3.8, 4) is 0 Å². The van der Waals surface area contributed by atoms with Crippen LogP contribution in [-0.2, 0) is 21.2 Å². The zero-order valence-corrected chi connectivity index (χ0v) is 15.8. The smallest absolute Gasteiger partial charge is 0.285 e. The van der Waals surface area contributed by atoms with Gasteiger partial charge in [-0.3, -0.25) is 4.79 Å². The van der Waals surface area contributed by atoms with Crippen molar-refractivity contribution in [1.29, 1.82) is 0 Å². The molecule has 1 unspecified atom stereocenters. The maximum atomic E-state index is 12.8. The molecule has 3 heterocycles. The second-order valence-electron chi connectivity index (χ2n) is 6.93. The number of furan rings is 1. The molecule has 1 N–H and O–H groups in total. The summed E-state index contributed by atoms with van der Waals surface area (Å²) in [4.78, 5) is 14.9. The Morgan fingerprint density at radius 1 is 1.33 bits per heavy atom. The number of amidine groups is 1. The maximum Gasteiger partial charge on any atom is 0.285 e. The quantitative estimate of drug-likeness (QED) is 0.866. The van der Waals surface area contributed by atoms with Gasteiger partial charge < -0.3 is 14.6 Å². The minimum Gasteiger partial charge on any atom is -0.469 e. The lowest BCUT2D eigenvalue weighted by Gasteiger charge is -2.26. The van der Waals surface area contributed by atoms with Crippen LogP contribution in [0.4, 0.5) is 0 Å². The third-order valence-corrected chi connectivity index (χ3v) is 6.24. The number of nitrogens with zero attached hydrogens (tertiary/aromatic N) is 2. The molecule has 2 aromatic rings. The van der Waals surface area contributed by atoms with Gasteiger partial charge in [0.15, 0.2) is 5.84 Å². The Labute approximate surface area is 158 Å². The van der Waals surface area contributed by atoms with Crippen molar-refractivity contribution in [1.82, 2.24) is 10.2 Å². The van der Waals surface area contributed by atoms with Gasteiger partial charge in [-0.2, -0.15) is 8.42 Å².